The molecule has 0 aromatic carbocycles. The van der Waals surface area contributed by atoms with Gasteiger partial charge in [0.2, 0.25) is 0 Å². The molecule has 45 heavy (non-hydrogen) atoms. The molecule has 3 atom stereocenters. The zero-order chi connectivity index (χ0) is 35.0. The Bertz CT molecular complexity index is 813. The van der Waals surface area contributed by atoms with Crippen molar-refractivity contribution in [2.45, 2.75) is 152 Å². The number of hydrogen-bond donors (Lipinski definition) is 1. The summed E-state index contributed by atoms with van der Waals surface area (Å²) in [6.45, 7) is 32.5. The molecular weight excluding hydrogens is 565 g/mol. The third kappa shape index (κ3) is 27.5. The Hall–Kier alpha value is -1.29. The van der Waals surface area contributed by atoms with Crippen LogP contribution in [0.2, 0.25) is 0 Å². The van der Waals surface area contributed by atoms with Crippen molar-refractivity contribution in [3.8, 4) is 0 Å². The van der Waals surface area contributed by atoms with Crippen LogP contribution in [0, 0.1) is 17.8 Å². The molecular formula is C42H80N2S. The van der Waals surface area contributed by atoms with E-state index in [-0.39, 0.29) is 0 Å². The molecule has 0 heterocycles. The SMILES string of the molecule is C=C/C(C)=C\C=C/C.CC.CC1=C/C/C=C(/SC(C)C)C/C=C\1.CCCC(CC)C(NC)C(CC)CCN(C)CC(CC)CC. The second-order valence-electron chi connectivity index (χ2n) is 12.4. The number of thioether (sulfide) groups is 1. The molecule has 0 radical (unpaired) electrons. The average molecular weight is 645 g/mol. The van der Waals surface area contributed by atoms with Crippen LogP contribution >= 0.6 is 11.8 Å². The predicted octanol–water partition coefficient (Wildman–Crippen LogP) is 13.2. The fourth-order valence-electron chi connectivity index (χ4n) is 5.57. The number of allylic oxidation sites excluding steroid dienone is 11. The van der Waals surface area contributed by atoms with Gasteiger partial charge in [-0.2, -0.15) is 0 Å². The lowest BCUT2D eigenvalue weighted by molar-refractivity contribution is 0.196. The van der Waals surface area contributed by atoms with Gasteiger partial charge in [-0.1, -0.05) is 161 Å². The van der Waals surface area contributed by atoms with E-state index >= 15 is 0 Å². The van der Waals surface area contributed by atoms with E-state index < -0.39 is 0 Å². The predicted molar refractivity (Wildman–Crippen MR) is 215 cm³/mol. The van der Waals surface area contributed by atoms with E-state index in [4.69, 9.17) is 0 Å². The molecule has 0 bridgehead atoms. The summed E-state index contributed by atoms with van der Waals surface area (Å²) in [6, 6.07) is 0.691. The van der Waals surface area contributed by atoms with E-state index in [9.17, 15) is 0 Å². The summed E-state index contributed by atoms with van der Waals surface area (Å²) in [4.78, 5) is 4.07. The average Bonchev–Trinajstić information content (AvgIpc) is 3.03. The first-order valence-electron chi connectivity index (χ1n) is 18.5. The number of nitrogens with zero attached hydrogens (tertiary/aromatic N) is 1. The lowest BCUT2D eigenvalue weighted by Crippen LogP contribution is -2.41. The molecule has 2 nitrogen and oxygen atoms in total. The van der Waals surface area contributed by atoms with Gasteiger partial charge in [0, 0.05) is 17.8 Å². The molecule has 1 rings (SSSR count). The first kappa shape index (κ1) is 48.1. The minimum atomic E-state index is 0.691. The standard InChI is InChI=1S/C20H44N2.C12H18S.C8H12.C2H6/c1-8-13-18(11-4)20(21-6)19(12-5)14-15-22(7)16-17(9-2)10-3;1-10(2)13-12-8-4-6-11(3)7-5-9-12;1-4-6-7-8(3)5-2;1-2/h17-21H,8-16H2,1-7H3;4,6-7,9-10H,5,8H2,1-3H3;4-7H,2H2,1,3H3;1-2H3/b;6-4-,11-7-,12-9+;6-4-,8-7-;. The molecule has 0 aromatic rings. The Labute approximate surface area is 289 Å². The van der Waals surface area contributed by atoms with Crippen molar-refractivity contribution in [2.75, 3.05) is 27.2 Å². The second-order valence-corrected chi connectivity index (χ2v) is 14.1. The number of nitrogens with one attached hydrogen (secondary N) is 1. The highest BCUT2D eigenvalue weighted by atomic mass is 32.2. The summed E-state index contributed by atoms with van der Waals surface area (Å²) >= 11 is 1.98. The Morgan fingerprint density at radius 2 is 1.60 bits per heavy atom. The van der Waals surface area contributed by atoms with Crippen LogP contribution < -0.4 is 5.32 Å². The lowest BCUT2D eigenvalue weighted by Gasteiger charge is -2.34. The fourth-order valence-corrected chi connectivity index (χ4v) is 6.56. The van der Waals surface area contributed by atoms with Crippen molar-refractivity contribution in [1.82, 2.24) is 10.2 Å². The molecule has 1 N–H and O–H groups in total. The quantitative estimate of drug-likeness (QED) is 0.149. The minimum absolute atomic E-state index is 0.691. The van der Waals surface area contributed by atoms with Crippen LogP contribution in [0.1, 0.15) is 141 Å². The van der Waals surface area contributed by atoms with E-state index in [0.717, 1.165) is 30.6 Å². The molecule has 0 fully saturated rings. The Morgan fingerprint density at radius 3 is 2.07 bits per heavy atom. The highest BCUT2D eigenvalue weighted by Gasteiger charge is 2.25. The number of rotatable bonds is 18. The summed E-state index contributed by atoms with van der Waals surface area (Å²) in [5.74, 6) is 2.52. The third-order valence-corrected chi connectivity index (χ3v) is 9.52. The van der Waals surface area contributed by atoms with Gasteiger partial charge >= 0.3 is 0 Å². The molecule has 0 amide bonds. The fraction of sp³-hybridized carbons (Fsp3) is 0.714. The van der Waals surface area contributed by atoms with Crippen LogP contribution in [0.3, 0.4) is 0 Å². The normalized spacial score (nSPS) is 18.5. The van der Waals surface area contributed by atoms with Gasteiger partial charge in [-0.15, -0.1) is 11.8 Å². The Morgan fingerprint density at radius 1 is 1.00 bits per heavy atom. The maximum atomic E-state index is 3.66. The van der Waals surface area contributed by atoms with Gasteiger partial charge in [-0.3, -0.25) is 0 Å². The van der Waals surface area contributed by atoms with Crippen LogP contribution in [-0.2, 0) is 0 Å². The van der Waals surface area contributed by atoms with Crippen molar-refractivity contribution in [1.29, 1.82) is 0 Å². The summed E-state index contributed by atoms with van der Waals surface area (Å²) in [7, 11) is 4.47. The summed E-state index contributed by atoms with van der Waals surface area (Å²) < 4.78 is 0. The summed E-state index contributed by atoms with van der Waals surface area (Å²) in [5, 5.41) is 4.36. The van der Waals surface area contributed by atoms with Gasteiger partial charge in [0.25, 0.3) is 0 Å². The highest BCUT2D eigenvalue weighted by Crippen LogP contribution is 2.27. The minimum Gasteiger partial charge on any atom is -0.316 e. The van der Waals surface area contributed by atoms with Gasteiger partial charge < -0.3 is 10.2 Å². The highest BCUT2D eigenvalue weighted by molar-refractivity contribution is 8.03. The second kappa shape index (κ2) is 34.1. The molecule has 0 aliphatic heterocycles. The van der Waals surface area contributed by atoms with E-state index in [0.29, 0.717) is 11.3 Å². The van der Waals surface area contributed by atoms with Crippen LogP contribution in [-0.4, -0.2) is 43.4 Å². The lowest BCUT2D eigenvalue weighted by atomic mass is 9.81. The van der Waals surface area contributed by atoms with Crippen LogP contribution in [0.5, 0.6) is 0 Å². The van der Waals surface area contributed by atoms with E-state index in [1.807, 2.05) is 63.8 Å². The monoisotopic (exact) mass is 645 g/mol. The van der Waals surface area contributed by atoms with Gasteiger partial charge in [0.1, 0.15) is 0 Å². The van der Waals surface area contributed by atoms with Crippen LogP contribution in [0.25, 0.3) is 0 Å². The molecule has 1 aliphatic rings. The van der Waals surface area contributed by atoms with Crippen molar-refractivity contribution < 1.29 is 0 Å². The molecule has 1 aliphatic carbocycles. The molecule has 0 spiro atoms. The molecule has 0 saturated carbocycles. The molecule has 3 unspecified atom stereocenters. The van der Waals surface area contributed by atoms with Gasteiger partial charge in [-0.25, -0.2) is 0 Å². The third-order valence-electron chi connectivity index (χ3n) is 8.41. The Kier molecular flexibility index (Phi) is 36.4. The smallest absolute Gasteiger partial charge is 0.0121 e. The summed E-state index contributed by atoms with van der Waals surface area (Å²) in [6.07, 6.45) is 28.4. The largest absolute Gasteiger partial charge is 0.316 e. The van der Waals surface area contributed by atoms with Crippen molar-refractivity contribution in [3.05, 3.63) is 71.2 Å². The molecule has 264 valence electrons. The zero-order valence-electron chi connectivity index (χ0n) is 32.8. The maximum Gasteiger partial charge on any atom is 0.0121 e. The summed E-state index contributed by atoms with van der Waals surface area (Å²) in [5.41, 5.74) is 2.58. The number of hydrogen-bond acceptors (Lipinski definition) is 3. The van der Waals surface area contributed by atoms with Gasteiger partial charge in [0.15, 0.2) is 0 Å². The van der Waals surface area contributed by atoms with E-state index in [1.165, 1.54) is 74.1 Å². The van der Waals surface area contributed by atoms with Crippen LogP contribution in [0.4, 0.5) is 0 Å². The van der Waals surface area contributed by atoms with Crippen molar-refractivity contribution in [3.63, 3.8) is 0 Å². The van der Waals surface area contributed by atoms with Crippen molar-refractivity contribution >= 4 is 11.8 Å². The Balaban J connectivity index is -0.000000643. The molecule has 0 aromatic heterocycles. The van der Waals surface area contributed by atoms with Gasteiger partial charge in [0.05, 0.1) is 0 Å². The van der Waals surface area contributed by atoms with E-state index in [1.54, 1.807) is 0 Å². The van der Waals surface area contributed by atoms with Gasteiger partial charge in [-0.05, 0) is 89.8 Å². The van der Waals surface area contributed by atoms with Crippen molar-refractivity contribution in [2.24, 2.45) is 17.8 Å². The maximum absolute atomic E-state index is 3.66. The van der Waals surface area contributed by atoms with Crippen LogP contribution in [0.15, 0.2) is 71.2 Å². The molecule has 0 saturated heterocycles. The zero-order valence-corrected chi connectivity index (χ0v) is 33.7. The first-order valence-corrected chi connectivity index (χ1v) is 19.4. The molecule has 3 heteroatoms. The van der Waals surface area contributed by atoms with E-state index in [2.05, 4.69) is 111 Å². The topological polar surface area (TPSA) is 15.3 Å². The first-order chi connectivity index (χ1) is 21.6.